The molecule has 6 heteroatoms. The van der Waals surface area contributed by atoms with Gasteiger partial charge in [-0.25, -0.2) is 0 Å². The molecule has 0 bridgehead atoms. The highest BCUT2D eigenvalue weighted by atomic mass is 32.2. The molecule has 3 aromatic rings. The molecule has 0 unspecified atom stereocenters. The Kier molecular flexibility index (Phi) is 5.10. The van der Waals surface area contributed by atoms with Crippen LogP contribution in [0.3, 0.4) is 0 Å². The quantitative estimate of drug-likeness (QED) is 0.599. The predicted molar refractivity (Wildman–Crippen MR) is 130 cm³/mol. The summed E-state index contributed by atoms with van der Waals surface area (Å²) < 4.78 is 18.8. The average molecular weight is 451 g/mol. The Morgan fingerprint density at radius 2 is 1.88 bits per heavy atom. The molecule has 5 nitrogen and oxygen atoms in total. The van der Waals surface area contributed by atoms with E-state index in [2.05, 4.69) is 6.07 Å². The van der Waals surface area contributed by atoms with Gasteiger partial charge in [0, 0.05) is 41.1 Å². The highest BCUT2D eigenvalue weighted by molar-refractivity contribution is 8.02. The lowest BCUT2D eigenvalue weighted by atomic mass is 9.74. The van der Waals surface area contributed by atoms with Crippen molar-refractivity contribution in [3.05, 3.63) is 71.3 Å². The SMILES string of the molecule is C[SH](C)(=O)c1cccc2ccc(C(=O)N3CCC4(CC3)COc3ccc(CN)cc34)cc12. The van der Waals surface area contributed by atoms with Gasteiger partial charge in [0.05, 0.1) is 6.61 Å². The van der Waals surface area contributed by atoms with Crippen LogP contribution in [-0.4, -0.2) is 47.2 Å². The number of amides is 1. The number of benzene rings is 3. The van der Waals surface area contributed by atoms with E-state index in [1.807, 2.05) is 53.4 Å². The van der Waals surface area contributed by atoms with E-state index < -0.39 is 9.93 Å². The highest BCUT2D eigenvalue weighted by Gasteiger charge is 2.44. The van der Waals surface area contributed by atoms with Crippen LogP contribution in [0.15, 0.2) is 59.5 Å². The maximum atomic E-state index is 13.4. The van der Waals surface area contributed by atoms with Crippen LogP contribution in [0.25, 0.3) is 10.8 Å². The number of thiol groups is 1. The number of nitrogens with zero attached hydrogens (tertiary/aromatic N) is 1. The number of carbonyl (C=O) groups is 1. The first-order chi connectivity index (χ1) is 15.3. The average Bonchev–Trinajstić information content (AvgIpc) is 3.15. The first-order valence-corrected chi connectivity index (χ1v) is 13.7. The minimum atomic E-state index is -2.45. The molecule has 32 heavy (non-hydrogen) atoms. The topological polar surface area (TPSA) is 72.6 Å². The lowest BCUT2D eigenvalue weighted by Gasteiger charge is -2.38. The fraction of sp³-hybridized carbons (Fsp3) is 0.346. The van der Waals surface area contributed by atoms with Gasteiger partial charge in [-0.2, -0.15) is 0 Å². The largest absolute Gasteiger partial charge is 0.492 e. The number of fused-ring (bicyclic) bond motifs is 3. The summed E-state index contributed by atoms with van der Waals surface area (Å²) in [7, 11) is -2.45. The zero-order valence-corrected chi connectivity index (χ0v) is 19.5. The first kappa shape index (κ1) is 21.2. The Morgan fingerprint density at radius 3 is 2.59 bits per heavy atom. The van der Waals surface area contributed by atoms with Gasteiger partial charge in [0.2, 0.25) is 0 Å². The van der Waals surface area contributed by atoms with E-state index in [-0.39, 0.29) is 11.3 Å². The summed E-state index contributed by atoms with van der Waals surface area (Å²) >= 11 is 0. The highest BCUT2D eigenvalue weighted by Crippen LogP contribution is 2.46. The van der Waals surface area contributed by atoms with E-state index in [1.54, 1.807) is 12.5 Å². The molecule has 0 aliphatic carbocycles. The number of ether oxygens (including phenoxy) is 1. The molecule has 2 N–H and O–H groups in total. The molecule has 3 aromatic carbocycles. The van der Waals surface area contributed by atoms with Gasteiger partial charge in [-0.15, -0.1) is 0 Å². The molecule has 2 aliphatic heterocycles. The molecule has 5 rings (SSSR count). The van der Waals surface area contributed by atoms with Crippen LogP contribution >= 0.6 is 0 Å². The molecule has 0 atom stereocenters. The molecule has 0 saturated carbocycles. The number of rotatable bonds is 3. The van der Waals surface area contributed by atoms with E-state index in [4.69, 9.17) is 10.5 Å². The Morgan fingerprint density at radius 1 is 1.09 bits per heavy atom. The zero-order valence-electron chi connectivity index (χ0n) is 18.6. The van der Waals surface area contributed by atoms with Crippen molar-refractivity contribution in [2.45, 2.75) is 29.7 Å². The molecule has 168 valence electrons. The molecule has 1 amide bonds. The zero-order chi connectivity index (χ0) is 22.5. The summed E-state index contributed by atoms with van der Waals surface area (Å²) in [6.45, 7) is 2.56. The molecule has 2 aliphatic rings. The van der Waals surface area contributed by atoms with Crippen LogP contribution in [0.1, 0.15) is 34.3 Å². The molecular weight excluding hydrogens is 420 g/mol. The second-order valence-corrected chi connectivity index (χ2v) is 12.6. The van der Waals surface area contributed by atoms with Gasteiger partial charge < -0.3 is 15.4 Å². The second kappa shape index (κ2) is 7.71. The van der Waals surface area contributed by atoms with Crippen molar-refractivity contribution in [1.82, 2.24) is 4.90 Å². The maximum absolute atomic E-state index is 13.4. The fourth-order valence-corrected chi connectivity index (χ4v) is 6.35. The molecule has 1 saturated heterocycles. The number of hydrogen-bond donors (Lipinski definition) is 2. The van der Waals surface area contributed by atoms with E-state index in [9.17, 15) is 9.00 Å². The van der Waals surface area contributed by atoms with Crippen molar-refractivity contribution < 1.29 is 13.7 Å². The van der Waals surface area contributed by atoms with E-state index in [0.717, 1.165) is 39.8 Å². The molecule has 0 aromatic heterocycles. The van der Waals surface area contributed by atoms with Crippen LogP contribution in [0.2, 0.25) is 0 Å². The van der Waals surface area contributed by atoms with Crippen LogP contribution in [0.4, 0.5) is 0 Å². The number of hydrogen-bond acceptors (Lipinski definition) is 4. The van der Waals surface area contributed by atoms with Gasteiger partial charge >= 0.3 is 0 Å². The second-order valence-electron chi connectivity index (χ2n) is 9.46. The van der Waals surface area contributed by atoms with Crippen LogP contribution in [-0.2, 0) is 21.9 Å². The summed E-state index contributed by atoms with van der Waals surface area (Å²) in [6.07, 6.45) is 5.30. The summed E-state index contributed by atoms with van der Waals surface area (Å²) in [6, 6.07) is 17.8. The van der Waals surface area contributed by atoms with Gasteiger partial charge in [-0.05, 0) is 66.0 Å². The summed E-state index contributed by atoms with van der Waals surface area (Å²) in [5.41, 5.74) is 8.83. The van der Waals surface area contributed by atoms with Gasteiger partial charge in [0.25, 0.3) is 5.91 Å². The molecule has 2 heterocycles. The van der Waals surface area contributed by atoms with Crippen molar-refractivity contribution in [3.63, 3.8) is 0 Å². The molecule has 1 spiro atoms. The van der Waals surface area contributed by atoms with Crippen molar-refractivity contribution in [3.8, 4) is 5.75 Å². The lowest BCUT2D eigenvalue weighted by molar-refractivity contribution is 0.0646. The van der Waals surface area contributed by atoms with Gasteiger partial charge in [0.1, 0.15) is 5.75 Å². The third kappa shape index (κ3) is 3.51. The van der Waals surface area contributed by atoms with Gasteiger partial charge in [-0.3, -0.25) is 9.00 Å². The normalized spacial score (nSPS) is 17.9. The van der Waals surface area contributed by atoms with Crippen LogP contribution < -0.4 is 10.5 Å². The van der Waals surface area contributed by atoms with Crippen molar-refractivity contribution >= 4 is 26.6 Å². The maximum Gasteiger partial charge on any atom is 0.253 e. The third-order valence-corrected chi connectivity index (χ3v) is 8.60. The van der Waals surface area contributed by atoms with Crippen LogP contribution in [0, 0.1) is 0 Å². The molecule has 0 radical (unpaired) electrons. The molecule has 1 fully saturated rings. The van der Waals surface area contributed by atoms with E-state index >= 15 is 0 Å². The Balaban J connectivity index is 1.39. The number of likely N-dealkylation sites (tertiary alicyclic amines) is 1. The van der Waals surface area contributed by atoms with E-state index in [1.165, 1.54) is 5.56 Å². The Labute approximate surface area is 190 Å². The number of piperidine rings is 1. The smallest absolute Gasteiger partial charge is 0.253 e. The molecular formula is C26H30N2O3S. The van der Waals surface area contributed by atoms with Gasteiger partial charge in [0.15, 0.2) is 0 Å². The minimum absolute atomic E-state index is 0.0356. The van der Waals surface area contributed by atoms with Crippen molar-refractivity contribution in [2.24, 2.45) is 5.73 Å². The van der Waals surface area contributed by atoms with E-state index in [0.29, 0.717) is 31.8 Å². The number of carbonyl (C=O) groups excluding carboxylic acids is 1. The van der Waals surface area contributed by atoms with Crippen LogP contribution in [0.5, 0.6) is 5.75 Å². The fourth-order valence-electron chi connectivity index (χ4n) is 5.13. The van der Waals surface area contributed by atoms with Crippen molar-refractivity contribution in [1.29, 1.82) is 0 Å². The van der Waals surface area contributed by atoms with Gasteiger partial charge in [-0.1, -0.05) is 40.3 Å². The Hall–Kier alpha value is -2.70. The summed E-state index contributed by atoms with van der Waals surface area (Å²) in [5, 5.41) is 1.92. The summed E-state index contributed by atoms with van der Waals surface area (Å²) in [5.74, 6) is 0.987. The monoisotopic (exact) mass is 450 g/mol. The Bertz CT molecular complexity index is 1260. The lowest BCUT2D eigenvalue weighted by Crippen LogP contribution is -2.46. The van der Waals surface area contributed by atoms with Crippen molar-refractivity contribution in [2.75, 3.05) is 32.2 Å². The first-order valence-electron chi connectivity index (χ1n) is 11.1. The summed E-state index contributed by atoms with van der Waals surface area (Å²) in [4.78, 5) is 16.1. The predicted octanol–water partition coefficient (Wildman–Crippen LogP) is 3.50. The third-order valence-electron chi connectivity index (χ3n) is 7.05. The minimum Gasteiger partial charge on any atom is -0.492 e. The number of nitrogens with two attached hydrogens (primary N) is 1. The standard InChI is InChI=1S/C26H30N2O3S/c1-32(2,30)24-5-3-4-19-7-8-20(15-21(19)24)25(29)28-12-10-26(11-13-28)17-31-23-9-6-18(16-27)14-22(23)26/h3-9,14-15,32H,10-13,16-17,27H2,1-2H3.